The van der Waals surface area contributed by atoms with Crippen molar-refractivity contribution in [3.8, 4) is 5.75 Å². The summed E-state index contributed by atoms with van der Waals surface area (Å²) in [5.74, 6) is 0.817. The van der Waals surface area contributed by atoms with E-state index in [-0.39, 0.29) is 12.1 Å². The highest BCUT2D eigenvalue weighted by molar-refractivity contribution is 7.09. The quantitative estimate of drug-likeness (QED) is 0.882. The molecule has 23 heavy (non-hydrogen) atoms. The van der Waals surface area contributed by atoms with Crippen LogP contribution in [0.3, 0.4) is 0 Å². The van der Waals surface area contributed by atoms with E-state index >= 15 is 0 Å². The third kappa shape index (κ3) is 5.56. The monoisotopic (exact) mass is 333 g/mol. The highest BCUT2D eigenvalue weighted by Gasteiger charge is 2.14. The lowest BCUT2D eigenvalue weighted by Gasteiger charge is -2.21. The van der Waals surface area contributed by atoms with Crippen molar-refractivity contribution < 1.29 is 9.53 Å². The Kier molecular flexibility index (Phi) is 5.98. The summed E-state index contributed by atoms with van der Waals surface area (Å²) in [5, 5.41) is 5.91. The number of ether oxygens (including phenoxy) is 1. The van der Waals surface area contributed by atoms with E-state index in [1.807, 2.05) is 50.4 Å². The van der Waals surface area contributed by atoms with E-state index in [0.717, 1.165) is 22.0 Å². The van der Waals surface area contributed by atoms with Crippen molar-refractivity contribution in [2.75, 3.05) is 13.7 Å². The Morgan fingerprint density at radius 3 is 2.87 bits per heavy atom. The lowest BCUT2D eigenvalue weighted by Crippen LogP contribution is -2.43. The average Bonchev–Trinajstić information content (AvgIpc) is 2.90. The fourth-order valence-electron chi connectivity index (χ4n) is 2.08. The maximum absolute atomic E-state index is 12.2. The van der Waals surface area contributed by atoms with Crippen LogP contribution in [0.4, 0.5) is 4.79 Å². The summed E-state index contributed by atoms with van der Waals surface area (Å²) < 4.78 is 5.71. The molecule has 124 valence electrons. The first kappa shape index (κ1) is 17.3. The summed E-state index contributed by atoms with van der Waals surface area (Å²) in [6.45, 7) is 6.83. The molecule has 0 saturated heterocycles. The van der Waals surface area contributed by atoms with Crippen molar-refractivity contribution in [2.24, 2.45) is 0 Å². The molecular formula is C17H23N3O2S. The average molecular weight is 333 g/mol. The fourth-order valence-corrected chi connectivity index (χ4v) is 2.69. The predicted octanol–water partition coefficient (Wildman–Crippen LogP) is 3.37. The van der Waals surface area contributed by atoms with E-state index in [1.54, 1.807) is 23.3 Å². The molecule has 2 rings (SSSR count). The first-order valence-corrected chi connectivity index (χ1v) is 8.44. The Morgan fingerprint density at radius 2 is 2.22 bits per heavy atom. The minimum absolute atomic E-state index is 0.0809. The third-order valence-electron chi connectivity index (χ3n) is 3.27. The van der Waals surface area contributed by atoms with Crippen LogP contribution in [0, 0.1) is 13.8 Å². The van der Waals surface area contributed by atoms with Gasteiger partial charge in [-0.3, -0.25) is 0 Å². The topological polar surface area (TPSA) is 54.5 Å². The van der Waals surface area contributed by atoms with Crippen LogP contribution in [0.25, 0.3) is 0 Å². The number of thiazole rings is 1. The van der Waals surface area contributed by atoms with E-state index in [0.29, 0.717) is 13.2 Å². The van der Waals surface area contributed by atoms with Crippen molar-refractivity contribution >= 4 is 17.4 Å². The molecule has 0 fully saturated rings. The standard InChI is InChI=1S/C17H23N3O2S/c1-12-6-5-7-16(8-12)22-10-13(2)18-17(21)20(4)9-15-11-23-14(3)19-15/h5-8,11,13H,9-10H2,1-4H3,(H,18,21). The van der Waals surface area contributed by atoms with Crippen LogP contribution in [-0.4, -0.2) is 35.6 Å². The van der Waals surface area contributed by atoms with Gasteiger partial charge < -0.3 is 15.0 Å². The van der Waals surface area contributed by atoms with Gasteiger partial charge in [-0.05, 0) is 38.5 Å². The van der Waals surface area contributed by atoms with Crippen molar-refractivity contribution in [3.05, 3.63) is 45.9 Å². The van der Waals surface area contributed by atoms with Crippen LogP contribution >= 0.6 is 11.3 Å². The summed E-state index contributed by atoms with van der Waals surface area (Å²) in [5.41, 5.74) is 2.06. The molecule has 2 aromatic rings. The number of carbonyl (C=O) groups is 1. The zero-order chi connectivity index (χ0) is 16.8. The molecule has 0 spiro atoms. The van der Waals surface area contributed by atoms with Crippen LogP contribution in [-0.2, 0) is 6.54 Å². The van der Waals surface area contributed by atoms with E-state index in [2.05, 4.69) is 10.3 Å². The summed E-state index contributed by atoms with van der Waals surface area (Å²) in [7, 11) is 1.76. The molecule has 0 radical (unpaired) electrons. The number of aryl methyl sites for hydroxylation is 2. The first-order valence-electron chi connectivity index (χ1n) is 7.56. The van der Waals surface area contributed by atoms with Crippen molar-refractivity contribution in [2.45, 2.75) is 33.4 Å². The van der Waals surface area contributed by atoms with Crippen molar-refractivity contribution in [3.63, 3.8) is 0 Å². The van der Waals surface area contributed by atoms with Crippen molar-refractivity contribution in [1.82, 2.24) is 15.2 Å². The van der Waals surface area contributed by atoms with Gasteiger partial charge in [0.25, 0.3) is 0 Å². The fraction of sp³-hybridized carbons (Fsp3) is 0.412. The molecule has 1 heterocycles. The first-order chi connectivity index (χ1) is 10.9. The Labute approximate surface area is 141 Å². The molecule has 0 saturated carbocycles. The van der Waals surface area contributed by atoms with Gasteiger partial charge in [-0.15, -0.1) is 11.3 Å². The molecule has 2 amide bonds. The number of rotatable bonds is 6. The molecule has 6 heteroatoms. The molecule has 0 aliphatic rings. The minimum atomic E-state index is -0.129. The molecule has 0 aliphatic heterocycles. The number of benzene rings is 1. The van der Waals surface area contributed by atoms with E-state index in [4.69, 9.17) is 4.74 Å². The van der Waals surface area contributed by atoms with E-state index in [1.165, 1.54) is 0 Å². The molecule has 1 unspecified atom stereocenters. The van der Waals surface area contributed by atoms with Gasteiger partial charge in [-0.1, -0.05) is 12.1 Å². The summed E-state index contributed by atoms with van der Waals surface area (Å²) in [6.07, 6.45) is 0. The molecular weight excluding hydrogens is 310 g/mol. The third-order valence-corrected chi connectivity index (χ3v) is 4.09. The smallest absolute Gasteiger partial charge is 0.317 e. The zero-order valence-electron chi connectivity index (χ0n) is 14.0. The number of carbonyl (C=O) groups excluding carboxylic acids is 1. The van der Waals surface area contributed by atoms with E-state index < -0.39 is 0 Å². The molecule has 1 aromatic heterocycles. The molecule has 0 bridgehead atoms. The van der Waals surface area contributed by atoms with Crippen LogP contribution < -0.4 is 10.1 Å². The predicted molar refractivity (Wildman–Crippen MR) is 93.0 cm³/mol. The largest absolute Gasteiger partial charge is 0.491 e. The summed E-state index contributed by atoms with van der Waals surface area (Å²) in [4.78, 5) is 18.2. The molecule has 5 nitrogen and oxygen atoms in total. The summed E-state index contributed by atoms with van der Waals surface area (Å²) in [6, 6.07) is 7.66. The van der Waals surface area contributed by atoms with E-state index in [9.17, 15) is 4.79 Å². The number of nitrogens with one attached hydrogen (secondary N) is 1. The normalized spacial score (nSPS) is 11.8. The number of hydrogen-bond donors (Lipinski definition) is 1. The SMILES string of the molecule is Cc1cccc(OCC(C)NC(=O)N(C)Cc2csc(C)n2)c1. The molecule has 0 aliphatic carbocycles. The Hall–Kier alpha value is -2.08. The minimum Gasteiger partial charge on any atom is -0.491 e. The van der Waals surface area contributed by atoms with Gasteiger partial charge >= 0.3 is 6.03 Å². The molecule has 1 atom stereocenters. The van der Waals surface area contributed by atoms with Gasteiger partial charge in [0.2, 0.25) is 0 Å². The van der Waals surface area contributed by atoms with Crippen LogP contribution in [0.15, 0.2) is 29.6 Å². The Morgan fingerprint density at radius 1 is 1.43 bits per heavy atom. The van der Waals surface area contributed by atoms with Crippen LogP contribution in [0.2, 0.25) is 0 Å². The van der Waals surface area contributed by atoms with Crippen LogP contribution in [0.5, 0.6) is 5.75 Å². The lowest BCUT2D eigenvalue weighted by molar-refractivity contribution is 0.195. The Balaban J connectivity index is 1.77. The van der Waals surface area contributed by atoms with Gasteiger partial charge in [-0.2, -0.15) is 0 Å². The number of amides is 2. The Bertz CT molecular complexity index is 657. The summed E-state index contributed by atoms with van der Waals surface area (Å²) >= 11 is 1.59. The van der Waals surface area contributed by atoms with Crippen LogP contribution in [0.1, 0.15) is 23.2 Å². The molecule has 1 aromatic carbocycles. The number of hydrogen-bond acceptors (Lipinski definition) is 4. The van der Waals surface area contributed by atoms with Gasteiger partial charge in [0.05, 0.1) is 23.3 Å². The number of aromatic nitrogens is 1. The zero-order valence-corrected chi connectivity index (χ0v) is 14.8. The maximum Gasteiger partial charge on any atom is 0.317 e. The highest BCUT2D eigenvalue weighted by atomic mass is 32.1. The number of urea groups is 1. The highest BCUT2D eigenvalue weighted by Crippen LogP contribution is 2.13. The molecule has 1 N–H and O–H groups in total. The van der Waals surface area contributed by atoms with Gasteiger partial charge in [0.15, 0.2) is 0 Å². The van der Waals surface area contributed by atoms with Gasteiger partial charge in [-0.25, -0.2) is 9.78 Å². The second kappa shape index (κ2) is 7.97. The maximum atomic E-state index is 12.2. The second-order valence-corrected chi connectivity index (χ2v) is 6.75. The van der Waals surface area contributed by atoms with Gasteiger partial charge in [0.1, 0.15) is 12.4 Å². The van der Waals surface area contributed by atoms with Crippen molar-refractivity contribution in [1.29, 1.82) is 0 Å². The second-order valence-electron chi connectivity index (χ2n) is 5.69. The lowest BCUT2D eigenvalue weighted by atomic mass is 10.2. The number of nitrogens with zero attached hydrogens (tertiary/aromatic N) is 2. The van der Waals surface area contributed by atoms with Gasteiger partial charge in [0, 0.05) is 12.4 Å².